The Kier molecular flexibility index (Phi) is 11.2. The van der Waals surface area contributed by atoms with Gasteiger partial charge in [-0.2, -0.15) is 11.0 Å². The van der Waals surface area contributed by atoms with Crippen LogP contribution in [0.15, 0.2) is 77.4 Å². The van der Waals surface area contributed by atoms with Gasteiger partial charge in [0.05, 0.1) is 16.8 Å². The zero-order chi connectivity index (χ0) is 30.9. The molecule has 1 heterocycles. The predicted octanol–water partition coefficient (Wildman–Crippen LogP) is 3.01. The summed E-state index contributed by atoms with van der Waals surface area (Å²) in [6.45, 7) is 10.8. The monoisotopic (exact) mass is 576 g/mol. The molecule has 1 aliphatic rings. The van der Waals surface area contributed by atoms with Crippen LogP contribution >= 0.6 is 0 Å². The summed E-state index contributed by atoms with van der Waals surface area (Å²) in [7, 11) is 0. The van der Waals surface area contributed by atoms with E-state index in [1.807, 2.05) is 60.7 Å². The quantitative estimate of drug-likeness (QED) is 0.229. The Morgan fingerprint density at radius 1 is 0.738 bits per heavy atom. The highest BCUT2D eigenvalue weighted by Gasteiger charge is 2.38. The molecule has 0 radical (unpaired) electrons. The first-order chi connectivity index (χ1) is 19.7. The fourth-order valence-corrected chi connectivity index (χ4v) is 3.93. The van der Waals surface area contributed by atoms with E-state index in [-0.39, 0.29) is 30.8 Å². The number of allylic oxidation sites excluding steroid dienone is 1. The Balaban J connectivity index is 1.84. The second-order valence-corrected chi connectivity index (χ2v) is 12.0. The molecule has 0 saturated heterocycles. The lowest BCUT2D eigenvalue weighted by molar-refractivity contribution is -0.142. The van der Waals surface area contributed by atoms with Crippen LogP contribution in [0.3, 0.4) is 0 Å². The number of Topliss-reactive ketones (excluding diaryl/α,β-unsaturated/α-hetero) is 4. The molecule has 3 N–H and O–H groups in total. The molecule has 1 aliphatic heterocycles. The topological polar surface area (TPSA) is 135 Å². The van der Waals surface area contributed by atoms with Crippen molar-refractivity contribution in [2.75, 3.05) is 6.67 Å². The Bertz CT molecular complexity index is 1220. The summed E-state index contributed by atoms with van der Waals surface area (Å²) in [5, 5.41) is 2.78. The molecule has 0 aromatic heterocycles. The molecule has 0 saturated carbocycles. The first-order valence-electron chi connectivity index (χ1n) is 13.9. The number of carbonyl (C=O) groups excluding carboxylic acids is 4. The standard InChI is InChI=1S/C32H40N4O6/c1-31(2,3)41-35-24(17-21-13-9-7-10-14-21)28(38)27(37)23-19-33-20-34-26(23)30(40)29(39)25(36-42-32(4,5)6)18-22-15-11-8-12-16-22/h7-16,19,24-25,33,35-36H,17-18,20H2,1-6H3/t24-,25-/m0/s1. The molecule has 0 amide bonds. The number of hydroxylamine groups is 2. The Morgan fingerprint density at radius 2 is 1.17 bits per heavy atom. The van der Waals surface area contributed by atoms with Crippen molar-refractivity contribution in [3.8, 4) is 0 Å². The molecule has 10 nitrogen and oxygen atoms in total. The molecule has 224 valence electrons. The second kappa shape index (κ2) is 14.4. The first-order valence-corrected chi connectivity index (χ1v) is 13.9. The van der Waals surface area contributed by atoms with E-state index in [9.17, 15) is 19.2 Å². The number of rotatable bonds is 14. The lowest BCUT2D eigenvalue weighted by atomic mass is 9.91. The van der Waals surface area contributed by atoms with Crippen LogP contribution in [-0.4, -0.2) is 58.8 Å². The highest BCUT2D eigenvalue weighted by molar-refractivity contribution is 6.74. The Hall–Kier alpha value is -3.83. The third kappa shape index (κ3) is 9.92. The van der Waals surface area contributed by atoms with Crippen molar-refractivity contribution in [2.45, 2.75) is 77.7 Å². The molecule has 0 fully saturated rings. The highest BCUT2D eigenvalue weighted by atomic mass is 16.7. The molecular formula is C32H40N4O6. The van der Waals surface area contributed by atoms with Crippen LogP contribution in [0.4, 0.5) is 0 Å². The molecule has 0 spiro atoms. The maximum Gasteiger partial charge on any atom is 0.249 e. The summed E-state index contributed by atoms with van der Waals surface area (Å²) in [6.07, 6.45) is 1.57. The van der Waals surface area contributed by atoms with E-state index in [4.69, 9.17) is 9.68 Å². The zero-order valence-corrected chi connectivity index (χ0v) is 25.0. The van der Waals surface area contributed by atoms with Gasteiger partial charge in [0, 0.05) is 6.20 Å². The normalized spacial score (nSPS) is 15.1. The fraction of sp³-hybridized carbons (Fsp3) is 0.406. The lowest BCUT2D eigenvalue weighted by Gasteiger charge is -2.25. The Morgan fingerprint density at radius 3 is 1.60 bits per heavy atom. The minimum atomic E-state index is -1.06. The number of nitrogens with one attached hydrogen (secondary N) is 3. The van der Waals surface area contributed by atoms with Gasteiger partial charge in [0.1, 0.15) is 24.5 Å². The van der Waals surface area contributed by atoms with Crippen LogP contribution in [0, 0.1) is 0 Å². The molecule has 2 atom stereocenters. The van der Waals surface area contributed by atoms with Crippen LogP contribution < -0.4 is 16.3 Å². The molecule has 2 aromatic carbocycles. The van der Waals surface area contributed by atoms with Crippen LogP contribution in [0.5, 0.6) is 0 Å². The summed E-state index contributed by atoms with van der Waals surface area (Å²) in [5.74, 6) is -3.63. The van der Waals surface area contributed by atoms with Crippen LogP contribution in [0.2, 0.25) is 0 Å². The van der Waals surface area contributed by atoms with Crippen molar-refractivity contribution < 1.29 is 28.9 Å². The molecule has 0 aliphatic carbocycles. The summed E-state index contributed by atoms with van der Waals surface area (Å²) in [4.78, 5) is 69.6. The number of ketones is 4. The van der Waals surface area contributed by atoms with Gasteiger partial charge < -0.3 is 5.32 Å². The third-order valence-corrected chi connectivity index (χ3v) is 5.95. The van der Waals surface area contributed by atoms with Gasteiger partial charge in [0.15, 0.2) is 0 Å². The summed E-state index contributed by atoms with van der Waals surface area (Å²) < 4.78 is 0. The maximum atomic E-state index is 13.6. The van der Waals surface area contributed by atoms with Crippen LogP contribution in [-0.2, 0) is 41.7 Å². The van der Waals surface area contributed by atoms with Gasteiger partial charge in [-0.25, -0.2) is 0 Å². The van der Waals surface area contributed by atoms with Crippen molar-refractivity contribution >= 4 is 28.8 Å². The third-order valence-electron chi connectivity index (χ3n) is 5.95. The van der Waals surface area contributed by atoms with Crippen molar-refractivity contribution in [3.63, 3.8) is 0 Å². The minimum Gasteiger partial charge on any atom is -0.372 e. The largest absolute Gasteiger partial charge is 0.372 e. The van der Waals surface area contributed by atoms with Crippen molar-refractivity contribution in [1.29, 1.82) is 0 Å². The summed E-state index contributed by atoms with van der Waals surface area (Å²) in [5.41, 5.74) is 5.13. The average Bonchev–Trinajstić information content (AvgIpc) is 2.96. The van der Waals surface area contributed by atoms with E-state index in [2.05, 4.69) is 21.3 Å². The lowest BCUT2D eigenvalue weighted by Crippen LogP contribution is -2.49. The SMILES string of the molecule is CC(C)(C)ON[C@@H](Cc1ccccc1)C(=O)C(=O)C1=CNCN=C1C(=O)C(=O)[C@H](Cc1ccccc1)NOC(C)(C)C. The zero-order valence-electron chi connectivity index (χ0n) is 25.0. The Labute approximate surface area is 246 Å². The van der Waals surface area contributed by atoms with Gasteiger partial charge in [-0.15, -0.1) is 0 Å². The molecule has 42 heavy (non-hydrogen) atoms. The molecule has 3 rings (SSSR count). The smallest absolute Gasteiger partial charge is 0.249 e. The number of hydrogen-bond acceptors (Lipinski definition) is 10. The molecular weight excluding hydrogens is 536 g/mol. The fourth-order valence-electron chi connectivity index (χ4n) is 3.93. The molecule has 2 aromatic rings. The van der Waals surface area contributed by atoms with E-state index in [1.165, 1.54) is 6.20 Å². The van der Waals surface area contributed by atoms with E-state index in [1.54, 1.807) is 41.5 Å². The van der Waals surface area contributed by atoms with Gasteiger partial charge in [-0.3, -0.25) is 33.8 Å². The van der Waals surface area contributed by atoms with E-state index >= 15 is 0 Å². The van der Waals surface area contributed by atoms with Crippen molar-refractivity contribution in [3.05, 3.63) is 83.6 Å². The molecule has 0 unspecified atom stereocenters. The highest BCUT2D eigenvalue weighted by Crippen LogP contribution is 2.15. The molecule has 10 heteroatoms. The number of carbonyl (C=O) groups is 4. The maximum absolute atomic E-state index is 13.6. The first kappa shape index (κ1) is 32.7. The van der Waals surface area contributed by atoms with Crippen LogP contribution in [0.1, 0.15) is 52.7 Å². The van der Waals surface area contributed by atoms with Gasteiger partial charge in [0.25, 0.3) is 0 Å². The number of hydrogen-bond donors (Lipinski definition) is 3. The second-order valence-electron chi connectivity index (χ2n) is 12.0. The van der Waals surface area contributed by atoms with Gasteiger partial charge in [-0.1, -0.05) is 60.7 Å². The predicted molar refractivity (Wildman–Crippen MR) is 159 cm³/mol. The average molecular weight is 577 g/mol. The molecule has 0 bridgehead atoms. The van der Waals surface area contributed by atoms with Gasteiger partial charge >= 0.3 is 0 Å². The van der Waals surface area contributed by atoms with E-state index in [0.717, 1.165) is 11.1 Å². The summed E-state index contributed by atoms with van der Waals surface area (Å²) in [6, 6.07) is 16.2. The van der Waals surface area contributed by atoms with Gasteiger partial charge in [-0.05, 0) is 65.5 Å². The van der Waals surface area contributed by atoms with Crippen molar-refractivity contribution in [1.82, 2.24) is 16.3 Å². The van der Waals surface area contributed by atoms with E-state index < -0.39 is 46.4 Å². The number of aliphatic imine (C=N–C) groups is 1. The summed E-state index contributed by atoms with van der Waals surface area (Å²) >= 11 is 0. The van der Waals surface area contributed by atoms with Gasteiger partial charge in [0.2, 0.25) is 23.1 Å². The number of benzene rings is 2. The van der Waals surface area contributed by atoms with Crippen LogP contribution in [0.25, 0.3) is 0 Å². The number of nitrogens with zero attached hydrogens (tertiary/aromatic N) is 1. The van der Waals surface area contributed by atoms with Crippen molar-refractivity contribution in [2.24, 2.45) is 4.99 Å². The minimum absolute atomic E-state index is 0.0343. The van der Waals surface area contributed by atoms with E-state index in [0.29, 0.717) is 0 Å².